The van der Waals surface area contributed by atoms with Crippen LogP contribution in [0.1, 0.15) is 45.6 Å². The van der Waals surface area contributed by atoms with Crippen LogP contribution in [0.3, 0.4) is 0 Å². The number of aryl methyl sites for hydroxylation is 1. The molecule has 9 heteroatoms. The third-order valence-electron chi connectivity index (χ3n) is 7.86. The summed E-state index contributed by atoms with van der Waals surface area (Å²) in [5.41, 5.74) is 1.34. The van der Waals surface area contributed by atoms with Gasteiger partial charge in [-0.05, 0) is 44.2 Å². The van der Waals surface area contributed by atoms with E-state index in [1.165, 1.54) is 0 Å². The number of carbonyl (C=O) groups is 3. The van der Waals surface area contributed by atoms with Gasteiger partial charge >= 0.3 is 5.97 Å². The monoisotopic (exact) mass is 508 g/mol. The van der Waals surface area contributed by atoms with Crippen molar-refractivity contribution in [3.05, 3.63) is 28.8 Å². The highest BCUT2D eigenvalue weighted by molar-refractivity contribution is 8.02. The van der Waals surface area contributed by atoms with Gasteiger partial charge in [0.05, 0.1) is 46.5 Å². The highest BCUT2D eigenvalue weighted by Gasteiger charge is 2.74. The molecule has 4 rings (SSSR count). The molecule has 2 amide bonds. The number of rotatable bonds is 8. The number of fused-ring (bicyclic) bond motifs is 1. The quantitative estimate of drug-likeness (QED) is 0.520. The van der Waals surface area contributed by atoms with Crippen LogP contribution in [-0.4, -0.2) is 63.1 Å². The molecule has 3 fully saturated rings. The molecule has 2 unspecified atom stereocenters. The number of hydrogen-bond acceptors (Lipinski definition) is 6. The van der Waals surface area contributed by atoms with Gasteiger partial charge in [0.25, 0.3) is 0 Å². The summed E-state index contributed by atoms with van der Waals surface area (Å²) in [6.45, 7) is 7.58. The lowest BCUT2D eigenvalue weighted by atomic mass is 9.71. The predicted molar refractivity (Wildman–Crippen MR) is 133 cm³/mol. The van der Waals surface area contributed by atoms with Crippen molar-refractivity contribution in [1.82, 2.24) is 4.90 Å². The van der Waals surface area contributed by atoms with Crippen molar-refractivity contribution in [3.8, 4) is 0 Å². The second-order valence-corrected chi connectivity index (χ2v) is 11.6. The van der Waals surface area contributed by atoms with Gasteiger partial charge < -0.3 is 20.1 Å². The molecule has 2 bridgehead atoms. The van der Waals surface area contributed by atoms with Crippen LogP contribution in [0.15, 0.2) is 18.2 Å². The lowest BCUT2D eigenvalue weighted by molar-refractivity contribution is -0.154. The first-order valence-electron chi connectivity index (χ1n) is 12.0. The minimum Gasteiger partial charge on any atom is -0.466 e. The smallest absolute Gasteiger partial charge is 0.310 e. The van der Waals surface area contributed by atoms with Gasteiger partial charge in [-0.25, -0.2) is 0 Å². The number of nitrogens with zero attached hydrogens (tertiary/aromatic N) is 1. The normalized spacial score (nSPS) is 31.4. The first-order chi connectivity index (χ1) is 16.2. The number of halogens is 1. The molecule has 0 saturated carbocycles. The molecule has 3 aliphatic heterocycles. The average molecular weight is 509 g/mol. The Kier molecular flexibility index (Phi) is 7.23. The molecule has 7 nitrogen and oxygen atoms in total. The highest BCUT2D eigenvalue weighted by Crippen LogP contribution is 2.67. The average Bonchev–Trinajstić information content (AvgIpc) is 3.44. The van der Waals surface area contributed by atoms with Crippen LogP contribution < -0.4 is 5.32 Å². The van der Waals surface area contributed by atoms with Gasteiger partial charge in [-0.15, -0.1) is 11.8 Å². The molecule has 7 atom stereocenters. The number of amides is 2. The molecule has 3 heterocycles. The van der Waals surface area contributed by atoms with E-state index in [4.69, 9.17) is 16.3 Å². The Bertz CT molecular complexity index is 970. The van der Waals surface area contributed by atoms with Crippen LogP contribution in [-0.2, 0) is 19.1 Å². The first kappa shape index (κ1) is 25.3. The van der Waals surface area contributed by atoms with Crippen LogP contribution in [0.5, 0.6) is 0 Å². The molecule has 0 radical (unpaired) electrons. The molecule has 186 valence electrons. The Morgan fingerprint density at radius 3 is 2.74 bits per heavy atom. The summed E-state index contributed by atoms with van der Waals surface area (Å²) in [6, 6.07) is 4.05. The summed E-state index contributed by atoms with van der Waals surface area (Å²) in [7, 11) is 0. The zero-order chi connectivity index (χ0) is 24.8. The third-order valence-corrected chi connectivity index (χ3v) is 10.1. The van der Waals surface area contributed by atoms with Crippen molar-refractivity contribution in [1.29, 1.82) is 0 Å². The standard InChI is InChI=1S/C25H33ClN2O5S/c1-5-13(3)16(12-29)28-21(22(30)27-20-14(4)8-7-9-15(20)26)25-11-10-17(34-25)18(19(25)23(28)31)24(32)33-6-2/h7-9,13,16-19,21,29H,5-6,10-12H2,1-4H3,(H,27,30)/t13-,16-,17+,18-,19-,21?,25?/m0/s1. The van der Waals surface area contributed by atoms with E-state index in [-0.39, 0.29) is 42.2 Å². The number of carbonyl (C=O) groups excluding carboxylic acids is 3. The SMILES string of the molecule is CCOC(=O)[C@@H]1[C@H]2C(=O)N([C@@H](CO)[C@@H](C)CC)C(C(=O)Nc3c(C)cccc3Cl)C23CC[C@H]1S3. The van der Waals surface area contributed by atoms with Gasteiger partial charge in [0.1, 0.15) is 6.04 Å². The molecule has 3 aliphatic rings. The number of esters is 1. The lowest BCUT2D eigenvalue weighted by Crippen LogP contribution is -2.56. The molecule has 2 N–H and O–H groups in total. The van der Waals surface area contributed by atoms with E-state index in [1.807, 2.05) is 32.9 Å². The minimum absolute atomic E-state index is 0.0234. The van der Waals surface area contributed by atoms with Gasteiger partial charge in [0.15, 0.2) is 0 Å². The maximum Gasteiger partial charge on any atom is 0.310 e. The second kappa shape index (κ2) is 9.70. The van der Waals surface area contributed by atoms with Crippen LogP contribution in [0, 0.1) is 24.7 Å². The fraction of sp³-hybridized carbons (Fsp3) is 0.640. The van der Waals surface area contributed by atoms with Gasteiger partial charge in [-0.2, -0.15) is 0 Å². The summed E-state index contributed by atoms with van der Waals surface area (Å²) in [6.07, 6.45) is 2.14. The topological polar surface area (TPSA) is 95.9 Å². The minimum atomic E-state index is -0.818. The van der Waals surface area contributed by atoms with Gasteiger partial charge in [0, 0.05) is 5.25 Å². The number of benzene rings is 1. The van der Waals surface area contributed by atoms with Crippen molar-refractivity contribution in [2.75, 3.05) is 18.5 Å². The summed E-state index contributed by atoms with van der Waals surface area (Å²) in [5, 5.41) is 13.7. The number of thioether (sulfide) groups is 1. The molecule has 1 aromatic rings. The van der Waals surface area contributed by atoms with Crippen molar-refractivity contribution >= 4 is 46.8 Å². The summed E-state index contributed by atoms with van der Waals surface area (Å²) in [4.78, 5) is 42.5. The Balaban J connectivity index is 1.78. The largest absolute Gasteiger partial charge is 0.466 e. The van der Waals surface area contributed by atoms with E-state index in [0.29, 0.717) is 17.1 Å². The number of ether oxygens (including phenoxy) is 1. The van der Waals surface area contributed by atoms with Crippen LogP contribution in [0.2, 0.25) is 5.02 Å². The Hall–Kier alpha value is -1.77. The number of hydrogen-bond donors (Lipinski definition) is 2. The molecule has 3 saturated heterocycles. The van der Waals surface area contributed by atoms with Gasteiger partial charge in [-0.1, -0.05) is 44.0 Å². The molecule has 1 aromatic carbocycles. The van der Waals surface area contributed by atoms with Crippen molar-refractivity contribution in [2.24, 2.45) is 17.8 Å². The zero-order valence-electron chi connectivity index (χ0n) is 20.0. The van der Waals surface area contributed by atoms with Crippen molar-refractivity contribution in [3.63, 3.8) is 0 Å². The van der Waals surface area contributed by atoms with E-state index in [9.17, 15) is 19.5 Å². The van der Waals surface area contributed by atoms with E-state index >= 15 is 0 Å². The summed E-state index contributed by atoms with van der Waals surface area (Å²) >= 11 is 7.98. The number of anilines is 1. The third kappa shape index (κ3) is 3.82. The molecule has 0 aromatic heterocycles. The maximum atomic E-state index is 14.0. The van der Waals surface area contributed by atoms with Crippen molar-refractivity contribution in [2.45, 2.75) is 69.0 Å². The second-order valence-electron chi connectivity index (χ2n) is 9.61. The van der Waals surface area contributed by atoms with Crippen LogP contribution >= 0.6 is 23.4 Å². The Labute approximate surface area is 209 Å². The Morgan fingerprint density at radius 2 is 2.12 bits per heavy atom. The molecular formula is C25H33ClN2O5S. The molecule has 1 spiro atoms. The summed E-state index contributed by atoms with van der Waals surface area (Å²) in [5.74, 6) is -2.17. The number of aliphatic hydroxyl groups excluding tert-OH is 1. The molecule has 34 heavy (non-hydrogen) atoms. The number of likely N-dealkylation sites (tertiary alicyclic amines) is 1. The number of nitrogens with one attached hydrogen (secondary N) is 1. The van der Waals surface area contributed by atoms with Crippen LogP contribution in [0.4, 0.5) is 5.69 Å². The zero-order valence-corrected chi connectivity index (χ0v) is 21.6. The fourth-order valence-electron chi connectivity index (χ4n) is 6.05. The predicted octanol–water partition coefficient (Wildman–Crippen LogP) is 3.65. The summed E-state index contributed by atoms with van der Waals surface area (Å²) < 4.78 is 4.62. The Morgan fingerprint density at radius 1 is 1.38 bits per heavy atom. The van der Waals surface area contributed by atoms with Crippen molar-refractivity contribution < 1.29 is 24.2 Å². The van der Waals surface area contributed by atoms with E-state index in [1.54, 1.807) is 29.7 Å². The highest BCUT2D eigenvalue weighted by atomic mass is 35.5. The van der Waals surface area contributed by atoms with Gasteiger partial charge in [0.2, 0.25) is 11.8 Å². The van der Waals surface area contributed by atoms with Gasteiger partial charge in [-0.3, -0.25) is 14.4 Å². The van der Waals surface area contributed by atoms with E-state index < -0.39 is 28.7 Å². The molecule has 0 aliphatic carbocycles. The molecular weight excluding hydrogens is 476 g/mol. The number of aliphatic hydroxyl groups is 1. The van der Waals surface area contributed by atoms with E-state index in [2.05, 4.69) is 5.32 Å². The maximum absolute atomic E-state index is 14.0. The van der Waals surface area contributed by atoms with Crippen LogP contribution in [0.25, 0.3) is 0 Å². The number of para-hydroxylation sites is 1. The lowest BCUT2D eigenvalue weighted by Gasteiger charge is -2.39. The fourth-order valence-corrected chi connectivity index (χ4v) is 8.51. The first-order valence-corrected chi connectivity index (χ1v) is 13.3. The van der Waals surface area contributed by atoms with E-state index in [0.717, 1.165) is 18.4 Å².